The molecule has 1 amide bonds. The maximum Gasteiger partial charge on any atom is 0.376 e. The van der Waals surface area contributed by atoms with Crippen LogP contribution in [-0.4, -0.2) is 64.6 Å². The lowest BCUT2D eigenvalue weighted by Crippen LogP contribution is -2.60. The molecule has 1 aromatic heterocycles. The van der Waals surface area contributed by atoms with Gasteiger partial charge in [-0.25, -0.2) is 4.98 Å². The van der Waals surface area contributed by atoms with Crippen molar-refractivity contribution in [2.24, 2.45) is 0 Å². The average Bonchev–Trinajstić information content (AvgIpc) is 3.15. The van der Waals surface area contributed by atoms with Crippen LogP contribution in [-0.2, 0) is 17.8 Å². The van der Waals surface area contributed by atoms with Gasteiger partial charge in [-0.2, -0.15) is 5.26 Å². The third-order valence-electron chi connectivity index (χ3n) is 4.97. The van der Waals surface area contributed by atoms with Crippen molar-refractivity contribution in [3.8, 4) is 6.07 Å². The molecule has 0 bridgehead atoms. The molecule has 8 nitrogen and oxygen atoms in total. The summed E-state index contributed by atoms with van der Waals surface area (Å²) in [4.78, 5) is 18.5. The zero-order valence-electron chi connectivity index (χ0n) is 16.0. The Morgan fingerprint density at radius 1 is 1.46 bits per heavy atom. The van der Waals surface area contributed by atoms with Crippen molar-refractivity contribution in [1.82, 2.24) is 25.0 Å². The SMILES string of the molecule is CB(O)N1CCN[C@@H](C(=O)NCCc2cncn2Cc2ccc(C#N)cc2)C1. The highest BCUT2D eigenvalue weighted by atomic mass is 16.2. The standard InChI is InChI=1S/C19H25BN6O2/c1-20(28)26-9-8-23-18(13-26)19(27)24-7-6-17-11-22-14-25(17)12-16-4-2-15(10-21)3-5-16/h2-5,11,14,18,23,28H,6-9,12-13H2,1H3,(H,24,27)/t18-/m1/s1. The Kier molecular flexibility index (Phi) is 6.82. The van der Waals surface area contributed by atoms with Crippen LogP contribution in [0.4, 0.5) is 0 Å². The number of aromatic nitrogens is 2. The first-order valence-corrected chi connectivity index (χ1v) is 9.48. The second-order valence-corrected chi connectivity index (χ2v) is 7.00. The van der Waals surface area contributed by atoms with Crippen LogP contribution in [0.1, 0.15) is 16.8 Å². The van der Waals surface area contributed by atoms with E-state index >= 15 is 0 Å². The number of piperazine rings is 1. The van der Waals surface area contributed by atoms with Crippen LogP contribution in [0.3, 0.4) is 0 Å². The number of nitrogens with zero attached hydrogens (tertiary/aromatic N) is 4. The number of hydrogen-bond acceptors (Lipinski definition) is 6. The van der Waals surface area contributed by atoms with E-state index in [4.69, 9.17) is 5.26 Å². The van der Waals surface area contributed by atoms with Gasteiger partial charge in [-0.05, 0) is 24.5 Å². The lowest BCUT2D eigenvalue weighted by Gasteiger charge is -2.33. The Labute approximate surface area is 165 Å². The van der Waals surface area contributed by atoms with E-state index in [0.29, 0.717) is 38.2 Å². The summed E-state index contributed by atoms with van der Waals surface area (Å²) in [6, 6.07) is 9.29. The van der Waals surface area contributed by atoms with Gasteiger partial charge in [-0.1, -0.05) is 12.1 Å². The number of rotatable bonds is 7. The van der Waals surface area contributed by atoms with Gasteiger partial charge < -0.3 is 25.0 Å². The predicted octanol–water partition coefficient (Wildman–Crippen LogP) is -0.154. The molecule has 3 N–H and O–H groups in total. The fourth-order valence-corrected chi connectivity index (χ4v) is 3.30. The van der Waals surface area contributed by atoms with E-state index in [1.54, 1.807) is 25.3 Å². The average molecular weight is 380 g/mol. The van der Waals surface area contributed by atoms with E-state index in [0.717, 1.165) is 17.8 Å². The quantitative estimate of drug-likeness (QED) is 0.577. The van der Waals surface area contributed by atoms with Crippen LogP contribution < -0.4 is 10.6 Å². The Balaban J connectivity index is 1.49. The smallest absolute Gasteiger partial charge is 0.376 e. The summed E-state index contributed by atoms with van der Waals surface area (Å²) in [5.74, 6) is -0.0523. The van der Waals surface area contributed by atoms with Crippen molar-refractivity contribution in [2.45, 2.75) is 25.8 Å². The molecule has 1 aromatic carbocycles. The zero-order chi connectivity index (χ0) is 19.9. The van der Waals surface area contributed by atoms with Crippen LogP contribution in [0.2, 0.25) is 6.82 Å². The highest BCUT2D eigenvalue weighted by molar-refractivity contribution is 6.45. The molecule has 0 unspecified atom stereocenters. The number of carbonyl (C=O) groups is 1. The Bertz CT molecular complexity index is 830. The van der Waals surface area contributed by atoms with Gasteiger partial charge in [0.05, 0.1) is 24.0 Å². The molecule has 9 heteroatoms. The number of imidazole rings is 1. The summed E-state index contributed by atoms with van der Waals surface area (Å²) in [6.07, 6.45) is 4.26. The molecule has 0 saturated carbocycles. The fourth-order valence-electron chi connectivity index (χ4n) is 3.30. The van der Waals surface area contributed by atoms with E-state index in [1.807, 2.05) is 27.7 Å². The molecule has 0 spiro atoms. The molecule has 3 rings (SSSR count). The van der Waals surface area contributed by atoms with Crippen LogP contribution in [0, 0.1) is 11.3 Å². The molecule has 1 aliphatic rings. The molecule has 1 saturated heterocycles. The molecule has 0 radical (unpaired) electrons. The van der Waals surface area contributed by atoms with E-state index in [-0.39, 0.29) is 11.9 Å². The van der Waals surface area contributed by atoms with Crippen LogP contribution in [0.25, 0.3) is 0 Å². The number of nitriles is 1. The van der Waals surface area contributed by atoms with Crippen molar-refractivity contribution in [1.29, 1.82) is 5.26 Å². The summed E-state index contributed by atoms with van der Waals surface area (Å²) >= 11 is 0. The summed E-state index contributed by atoms with van der Waals surface area (Å²) in [5, 5.41) is 24.8. The summed E-state index contributed by atoms with van der Waals surface area (Å²) in [7, 11) is -0.547. The van der Waals surface area contributed by atoms with Crippen molar-refractivity contribution in [2.75, 3.05) is 26.2 Å². The molecule has 1 atom stereocenters. The van der Waals surface area contributed by atoms with Crippen molar-refractivity contribution in [3.05, 3.63) is 53.6 Å². The molecule has 146 valence electrons. The number of hydrogen-bond donors (Lipinski definition) is 3. The number of benzene rings is 1. The molecule has 28 heavy (non-hydrogen) atoms. The summed E-state index contributed by atoms with van der Waals surface area (Å²) in [6.45, 7) is 4.82. The lowest BCUT2D eigenvalue weighted by molar-refractivity contribution is -0.123. The highest BCUT2D eigenvalue weighted by Gasteiger charge is 2.28. The maximum atomic E-state index is 12.4. The first kappa shape index (κ1) is 20.1. The molecule has 0 aliphatic carbocycles. The highest BCUT2D eigenvalue weighted by Crippen LogP contribution is 2.09. The molecule has 2 aromatic rings. The van der Waals surface area contributed by atoms with Gasteiger partial charge in [-0.3, -0.25) is 4.79 Å². The topological polar surface area (TPSA) is 106 Å². The van der Waals surface area contributed by atoms with E-state index in [1.165, 1.54) is 0 Å². The van der Waals surface area contributed by atoms with Gasteiger partial charge in [0.2, 0.25) is 5.91 Å². The van der Waals surface area contributed by atoms with E-state index < -0.39 is 7.05 Å². The van der Waals surface area contributed by atoms with Crippen molar-refractivity contribution in [3.63, 3.8) is 0 Å². The third-order valence-corrected chi connectivity index (χ3v) is 4.97. The van der Waals surface area contributed by atoms with Gasteiger partial charge in [0.15, 0.2) is 0 Å². The summed E-state index contributed by atoms with van der Waals surface area (Å²) < 4.78 is 2.04. The lowest BCUT2D eigenvalue weighted by atomic mass is 9.83. The van der Waals surface area contributed by atoms with Gasteiger partial charge >= 0.3 is 7.05 Å². The van der Waals surface area contributed by atoms with E-state index in [2.05, 4.69) is 21.7 Å². The molecular weight excluding hydrogens is 355 g/mol. The Morgan fingerprint density at radius 3 is 2.96 bits per heavy atom. The monoisotopic (exact) mass is 380 g/mol. The zero-order valence-corrected chi connectivity index (χ0v) is 16.0. The van der Waals surface area contributed by atoms with Crippen molar-refractivity contribution < 1.29 is 9.82 Å². The molecular formula is C19H25BN6O2. The van der Waals surface area contributed by atoms with Crippen LogP contribution >= 0.6 is 0 Å². The molecule has 1 fully saturated rings. The largest absolute Gasteiger partial charge is 0.437 e. The summed E-state index contributed by atoms with van der Waals surface area (Å²) in [5.41, 5.74) is 2.77. The Hall–Kier alpha value is -2.67. The van der Waals surface area contributed by atoms with E-state index in [9.17, 15) is 9.82 Å². The second-order valence-electron chi connectivity index (χ2n) is 7.00. The van der Waals surface area contributed by atoms with Gasteiger partial charge in [-0.15, -0.1) is 0 Å². The fraction of sp³-hybridized carbons (Fsp3) is 0.421. The first-order valence-electron chi connectivity index (χ1n) is 9.48. The minimum absolute atomic E-state index is 0.0523. The number of amides is 1. The van der Waals surface area contributed by atoms with Gasteiger partial charge in [0.25, 0.3) is 0 Å². The maximum absolute atomic E-state index is 12.4. The second kappa shape index (κ2) is 9.51. The minimum Gasteiger partial charge on any atom is -0.437 e. The molecule has 1 aliphatic heterocycles. The number of nitrogens with one attached hydrogen (secondary N) is 2. The minimum atomic E-state index is -0.547. The van der Waals surface area contributed by atoms with Gasteiger partial charge in [0, 0.05) is 51.0 Å². The van der Waals surface area contributed by atoms with Crippen LogP contribution in [0.15, 0.2) is 36.8 Å². The van der Waals surface area contributed by atoms with Crippen LogP contribution in [0.5, 0.6) is 0 Å². The van der Waals surface area contributed by atoms with Crippen molar-refractivity contribution >= 4 is 13.0 Å². The normalized spacial score (nSPS) is 17.1. The first-order chi connectivity index (χ1) is 13.6. The molecule has 2 heterocycles. The third kappa shape index (κ3) is 5.20. The predicted molar refractivity (Wildman–Crippen MR) is 106 cm³/mol. The Morgan fingerprint density at radius 2 is 2.25 bits per heavy atom. The number of carbonyl (C=O) groups excluding carboxylic acids is 1. The van der Waals surface area contributed by atoms with Gasteiger partial charge in [0.1, 0.15) is 0 Å².